The molecule has 15 heavy (non-hydrogen) atoms. The minimum Gasteiger partial charge on any atom is -0.501 e. The second-order valence-electron chi connectivity index (χ2n) is 3.07. The van der Waals surface area contributed by atoms with Crippen LogP contribution in [0, 0.1) is 12.3 Å². The van der Waals surface area contributed by atoms with Gasteiger partial charge in [-0.3, -0.25) is 10.4 Å². The van der Waals surface area contributed by atoms with Gasteiger partial charge in [-0.25, -0.2) is 0 Å². The van der Waals surface area contributed by atoms with Crippen LogP contribution in [0.4, 0.5) is 0 Å². The quantitative estimate of drug-likeness (QED) is 0.446. The Morgan fingerprint density at radius 2 is 2.40 bits per heavy atom. The average molecular weight is 205 g/mol. The first-order valence-electron chi connectivity index (χ1n) is 4.74. The summed E-state index contributed by atoms with van der Waals surface area (Å²) in [6, 6.07) is 1.82. The van der Waals surface area contributed by atoms with Crippen molar-refractivity contribution in [2.45, 2.75) is 13.8 Å². The number of nitrogen functional groups attached to an aromatic ring is 1. The zero-order valence-electron chi connectivity index (χ0n) is 8.95. The molecule has 0 unspecified atom stereocenters. The molecule has 80 valence electrons. The van der Waals surface area contributed by atoms with Gasteiger partial charge in [0.1, 0.15) is 5.84 Å². The van der Waals surface area contributed by atoms with E-state index in [0.29, 0.717) is 12.2 Å². The maximum absolute atomic E-state index is 7.30. The lowest BCUT2D eigenvalue weighted by Gasteiger charge is -2.03. The Morgan fingerprint density at radius 1 is 1.67 bits per heavy atom. The van der Waals surface area contributed by atoms with Gasteiger partial charge in [-0.05, 0) is 31.6 Å². The molecule has 0 saturated carbocycles. The summed E-state index contributed by atoms with van der Waals surface area (Å²) >= 11 is 0. The van der Waals surface area contributed by atoms with E-state index < -0.39 is 0 Å². The molecule has 0 bridgehead atoms. The molecule has 1 rings (SSSR count). The van der Waals surface area contributed by atoms with E-state index in [-0.39, 0.29) is 5.84 Å². The maximum Gasteiger partial charge on any atom is 0.124 e. The molecule has 1 heterocycles. The van der Waals surface area contributed by atoms with Gasteiger partial charge in [0.15, 0.2) is 0 Å². The van der Waals surface area contributed by atoms with Gasteiger partial charge in [0.05, 0.1) is 12.9 Å². The summed E-state index contributed by atoms with van der Waals surface area (Å²) in [5, 5.41) is 7.30. The van der Waals surface area contributed by atoms with Crippen LogP contribution in [-0.2, 0) is 4.74 Å². The minimum absolute atomic E-state index is 0.0218. The van der Waals surface area contributed by atoms with Crippen molar-refractivity contribution in [3.05, 3.63) is 35.3 Å². The highest BCUT2D eigenvalue weighted by Crippen LogP contribution is 2.09. The fraction of sp³-hybridized carbons (Fsp3) is 0.273. The number of nitrogens with zero attached hydrogens (tertiary/aromatic N) is 1. The van der Waals surface area contributed by atoms with Gasteiger partial charge in [-0.15, -0.1) is 0 Å². The molecular weight excluding hydrogens is 190 g/mol. The van der Waals surface area contributed by atoms with Gasteiger partial charge in [-0.2, -0.15) is 0 Å². The van der Waals surface area contributed by atoms with Crippen LogP contribution in [0.3, 0.4) is 0 Å². The van der Waals surface area contributed by atoms with Gasteiger partial charge >= 0.3 is 0 Å². The lowest BCUT2D eigenvalue weighted by Crippen LogP contribution is -2.11. The van der Waals surface area contributed by atoms with Crippen LogP contribution in [0.5, 0.6) is 0 Å². The number of ether oxygens (including phenoxy) is 1. The summed E-state index contributed by atoms with van der Waals surface area (Å²) in [5.41, 5.74) is 7.80. The zero-order valence-corrected chi connectivity index (χ0v) is 8.95. The van der Waals surface area contributed by atoms with E-state index in [0.717, 1.165) is 11.3 Å². The van der Waals surface area contributed by atoms with Crippen LogP contribution in [0.15, 0.2) is 18.5 Å². The molecule has 4 heteroatoms. The third kappa shape index (κ3) is 3.09. The van der Waals surface area contributed by atoms with Crippen molar-refractivity contribution in [1.82, 2.24) is 4.98 Å². The third-order valence-electron chi connectivity index (χ3n) is 1.95. The molecule has 0 aliphatic heterocycles. The molecule has 0 atom stereocenters. The Hall–Kier alpha value is -1.84. The van der Waals surface area contributed by atoms with Gasteiger partial charge in [0, 0.05) is 17.5 Å². The van der Waals surface area contributed by atoms with Gasteiger partial charge in [0.2, 0.25) is 0 Å². The van der Waals surface area contributed by atoms with E-state index in [4.69, 9.17) is 15.9 Å². The number of hydrogen-bond donors (Lipinski definition) is 2. The topological polar surface area (TPSA) is 72.0 Å². The van der Waals surface area contributed by atoms with Crippen LogP contribution in [0.25, 0.3) is 6.08 Å². The van der Waals surface area contributed by atoms with E-state index in [1.807, 2.05) is 26.0 Å². The Bertz CT molecular complexity index is 385. The van der Waals surface area contributed by atoms with E-state index in [9.17, 15) is 0 Å². The molecule has 4 nitrogen and oxygen atoms in total. The third-order valence-corrected chi connectivity index (χ3v) is 1.95. The van der Waals surface area contributed by atoms with Crippen molar-refractivity contribution in [3.63, 3.8) is 0 Å². The Balaban J connectivity index is 2.95. The lowest BCUT2D eigenvalue weighted by molar-refractivity contribution is 0.272. The van der Waals surface area contributed by atoms with Crippen LogP contribution in [0.2, 0.25) is 0 Å². The van der Waals surface area contributed by atoms with Crippen LogP contribution >= 0.6 is 0 Å². The molecule has 0 aliphatic rings. The van der Waals surface area contributed by atoms with E-state index in [1.54, 1.807) is 12.5 Å². The monoisotopic (exact) mass is 205 g/mol. The molecule has 0 amide bonds. The molecule has 0 spiro atoms. The van der Waals surface area contributed by atoms with E-state index >= 15 is 0 Å². The molecule has 0 saturated heterocycles. The Morgan fingerprint density at radius 3 is 3.00 bits per heavy atom. The molecular formula is C11H15N3O. The van der Waals surface area contributed by atoms with E-state index in [1.165, 1.54) is 0 Å². The fourth-order valence-corrected chi connectivity index (χ4v) is 1.08. The lowest BCUT2D eigenvalue weighted by atomic mass is 10.1. The molecule has 1 aromatic heterocycles. The van der Waals surface area contributed by atoms with Gasteiger partial charge in [-0.1, -0.05) is 0 Å². The van der Waals surface area contributed by atoms with Crippen LogP contribution in [0.1, 0.15) is 23.7 Å². The van der Waals surface area contributed by atoms with Crippen molar-refractivity contribution in [2.75, 3.05) is 6.61 Å². The molecule has 3 N–H and O–H groups in total. The van der Waals surface area contributed by atoms with Gasteiger partial charge in [0.25, 0.3) is 0 Å². The molecule has 0 fully saturated rings. The smallest absolute Gasteiger partial charge is 0.124 e. The second-order valence-corrected chi connectivity index (χ2v) is 3.07. The first-order valence-corrected chi connectivity index (χ1v) is 4.74. The van der Waals surface area contributed by atoms with Crippen molar-refractivity contribution in [1.29, 1.82) is 5.41 Å². The molecule has 0 radical (unpaired) electrons. The Kier molecular flexibility index (Phi) is 3.85. The van der Waals surface area contributed by atoms with Crippen molar-refractivity contribution in [2.24, 2.45) is 5.73 Å². The highest BCUT2D eigenvalue weighted by molar-refractivity contribution is 5.95. The summed E-state index contributed by atoms with van der Waals surface area (Å²) < 4.78 is 5.10. The average Bonchev–Trinajstić information content (AvgIpc) is 2.20. The number of pyridine rings is 1. The van der Waals surface area contributed by atoms with Gasteiger partial charge < -0.3 is 10.5 Å². The van der Waals surface area contributed by atoms with Crippen molar-refractivity contribution >= 4 is 11.9 Å². The highest BCUT2D eigenvalue weighted by Gasteiger charge is 2.01. The number of aryl methyl sites for hydroxylation is 1. The predicted octanol–water partition coefficient (Wildman–Crippen LogP) is 1.68. The summed E-state index contributed by atoms with van der Waals surface area (Å²) in [6.07, 6.45) is 5.03. The van der Waals surface area contributed by atoms with E-state index in [2.05, 4.69) is 4.98 Å². The number of hydrogen-bond acceptors (Lipinski definition) is 3. The normalized spacial score (nSPS) is 10.5. The van der Waals surface area contributed by atoms with Crippen LogP contribution < -0.4 is 5.73 Å². The second kappa shape index (κ2) is 5.14. The van der Waals surface area contributed by atoms with Crippen molar-refractivity contribution < 1.29 is 4.74 Å². The van der Waals surface area contributed by atoms with Crippen LogP contribution in [-0.4, -0.2) is 17.4 Å². The summed E-state index contributed by atoms with van der Waals surface area (Å²) in [7, 11) is 0. The number of nitrogens with one attached hydrogen (secondary N) is 1. The summed E-state index contributed by atoms with van der Waals surface area (Å²) in [5.74, 6) is 0.0218. The Labute approximate surface area is 89.3 Å². The summed E-state index contributed by atoms with van der Waals surface area (Å²) in [4.78, 5) is 4.15. The fourth-order valence-electron chi connectivity index (χ4n) is 1.08. The number of nitrogens with two attached hydrogens (primary N) is 1. The first-order chi connectivity index (χ1) is 7.15. The summed E-state index contributed by atoms with van der Waals surface area (Å²) in [6.45, 7) is 4.45. The predicted molar refractivity (Wildman–Crippen MR) is 60.7 cm³/mol. The molecule has 0 aromatic carbocycles. The molecule has 1 aromatic rings. The highest BCUT2D eigenvalue weighted by atomic mass is 16.5. The zero-order chi connectivity index (χ0) is 11.3. The standard InChI is InChI=1S/C11H15N3O/c1-3-15-5-4-9-6-10(11(12)13)7-14-8(9)2/h4-7H,3H2,1-2H3,(H3,12,13)/b5-4+. The first kappa shape index (κ1) is 11.2. The van der Waals surface area contributed by atoms with Crippen molar-refractivity contribution in [3.8, 4) is 0 Å². The maximum atomic E-state index is 7.30. The number of rotatable bonds is 4. The number of aromatic nitrogens is 1. The number of amidine groups is 1. The SMILES string of the molecule is CCO/C=C/c1cc(C(=N)N)cnc1C. The molecule has 0 aliphatic carbocycles. The largest absolute Gasteiger partial charge is 0.501 e. The minimum atomic E-state index is 0.0218.